The predicted octanol–water partition coefficient (Wildman–Crippen LogP) is 3.57. The van der Waals surface area contributed by atoms with Crippen LogP contribution >= 0.6 is 0 Å². The average Bonchev–Trinajstić information content (AvgIpc) is 3.06. The Labute approximate surface area is 163 Å². The van der Waals surface area contributed by atoms with Crippen molar-refractivity contribution in [3.63, 3.8) is 0 Å². The molecule has 29 heavy (non-hydrogen) atoms. The smallest absolute Gasteiger partial charge is 0.433 e. The van der Waals surface area contributed by atoms with Crippen molar-refractivity contribution in [2.75, 3.05) is 6.61 Å². The van der Waals surface area contributed by atoms with E-state index < -0.39 is 17.8 Å². The summed E-state index contributed by atoms with van der Waals surface area (Å²) < 4.78 is 45.3. The molecule has 0 atom stereocenters. The number of primary amides is 1. The Balaban J connectivity index is 2.08. The summed E-state index contributed by atoms with van der Waals surface area (Å²) in [4.78, 5) is 26.0. The van der Waals surface area contributed by atoms with Crippen LogP contribution in [-0.2, 0) is 11.0 Å². The first-order valence-corrected chi connectivity index (χ1v) is 8.67. The van der Waals surface area contributed by atoms with Crippen LogP contribution in [0.25, 0.3) is 28.5 Å². The number of amides is 1. The number of hydrogen-bond donors (Lipinski definition) is 2. The Morgan fingerprint density at radius 2 is 2.07 bits per heavy atom. The molecule has 152 valence electrons. The van der Waals surface area contributed by atoms with Gasteiger partial charge in [0.1, 0.15) is 11.2 Å². The summed E-state index contributed by atoms with van der Waals surface area (Å²) in [6, 6.07) is 2.28. The van der Waals surface area contributed by atoms with Crippen LogP contribution in [0.15, 0.2) is 30.6 Å². The minimum Gasteiger partial charge on any atom is -0.477 e. The maximum atomic E-state index is 13.3. The van der Waals surface area contributed by atoms with Gasteiger partial charge in [-0.2, -0.15) is 13.2 Å². The zero-order chi connectivity index (χ0) is 21.2. The highest BCUT2D eigenvalue weighted by atomic mass is 19.4. The molecular formula is C19H18F3N5O2. The van der Waals surface area contributed by atoms with Crippen molar-refractivity contribution in [1.29, 1.82) is 0 Å². The van der Waals surface area contributed by atoms with Crippen LogP contribution in [0.5, 0.6) is 5.88 Å². The van der Waals surface area contributed by atoms with Crippen LogP contribution in [0.1, 0.15) is 25.1 Å². The first kappa shape index (κ1) is 20.3. The van der Waals surface area contributed by atoms with E-state index in [9.17, 15) is 18.0 Å². The number of halogens is 3. The zero-order valence-corrected chi connectivity index (χ0v) is 15.6. The van der Waals surface area contributed by atoms with Crippen molar-refractivity contribution in [3.05, 3.63) is 41.9 Å². The van der Waals surface area contributed by atoms with Crippen molar-refractivity contribution in [2.45, 2.75) is 20.0 Å². The second kappa shape index (κ2) is 7.90. The van der Waals surface area contributed by atoms with E-state index in [0.29, 0.717) is 16.7 Å². The minimum absolute atomic E-state index is 0.116. The predicted molar refractivity (Wildman–Crippen MR) is 101 cm³/mol. The van der Waals surface area contributed by atoms with Crippen LogP contribution in [0.2, 0.25) is 0 Å². The van der Waals surface area contributed by atoms with Gasteiger partial charge in [0.15, 0.2) is 5.65 Å². The first-order chi connectivity index (χ1) is 13.6. The van der Waals surface area contributed by atoms with E-state index in [0.717, 1.165) is 12.1 Å². The Kier molecular flexibility index (Phi) is 5.53. The summed E-state index contributed by atoms with van der Waals surface area (Å²) in [5.74, 6) is -0.668. The Morgan fingerprint density at radius 3 is 2.72 bits per heavy atom. The molecule has 3 rings (SSSR count). The highest BCUT2D eigenvalue weighted by Gasteiger charge is 2.33. The molecule has 3 N–H and O–H groups in total. The van der Waals surface area contributed by atoms with E-state index in [2.05, 4.69) is 19.9 Å². The lowest BCUT2D eigenvalue weighted by Gasteiger charge is -2.13. The summed E-state index contributed by atoms with van der Waals surface area (Å²) in [6.45, 7) is 3.97. The van der Waals surface area contributed by atoms with Crippen molar-refractivity contribution in [3.8, 4) is 17.1 Å². The van der Waals surface area contributed by atoms with Gasteiger partial charge in [-0.25, -0.2) is 15.0 Å². The highest BCUT2D eigenvalue weighted by molar-refractivity contribution is 5.93. The van der Waals surface area contributed by atoms with Crippen LogP contribution in [-0.4, -0.2) is 32.4 Å². The number of carbonyl (C=O) groups is 1. The van der Waals surface area contributed by atoms with Crippen LogP contribution in [0, 0.1) is 5.92 Å². The van der Waals surface area contributed by atoms with Gasteiger partial charge in [-0.05, 0) is 18.1 Å². The molecule has 0 saturated carbocycles. The summed E-state index contributed by atoms with van der Waals surface area (Å²) in [7, 11) is 0. The van der Waals surface area contributed by atoms with E-state index in [-0.39, 0.29) is 29.7 Å². The number of pyridine rings is 1. The lowest BCUT2D eigenvalue weighted by atomic mass is 10.1. The van der Waals surface area contributed by atoms with Gasteiger partial charge in [-0.15, -0.1) is 0 Å². The Hall–Kier alpha value is -3.43. The van der Waals surface area contributed by atoms with Crippen LogP contribution in [0.4, 0.5) is 13.2 Å². The molecule has 0 radical (unpaired) electrons. The number of H-pyrrole nitrogens is 1. The number of rotatable bonds is 6. The molecule has 10 heteroatoms. The molecule has 0 fully saturated rings. The maximum absolute atomic E-state index is 13.3. The lowest BCUT2D eigenvalue weighted by molar-refractivity contribution is -0.141. The van der Waals surface area contributed by atoms with Crippen LogP contribution < -0.4 is 10.5 Å². The number of nitrogens with zero attached hydrogens (tertiary/aromatic N) is 3. The number of nitrogens with one attached hydrogen (secondary N) is 1. The van der Waals surface area contributed by atoms with E-state index in [1.807, 2.05) is 13.8 Å². The third kappa shape index (κ3) is 4.89. The molecule has 3 heterocycles. The number of nitrogens with two attached hydrogens (primary N) is 1. The van der Waals surface area contributed by atoms with Crippen LogP contribution in [0.3, 0.4) is 0 Å². The standard InChI is InChI=1S/C19H18F3N5O2/c1-10(2)9-29-16-6-12(5-14(27-16)19(20,21)22)13-8-25-18-17(26-13)11(7-24-18)3-4-15(23)28/h3-8,10H,9H2,1-2H3,(H2,23,28)(H,24,25)/b4-3+. The molecule has 3 aromatic heterocycles. The molecule has 0 spiro atoms. The summed E-state index contributed by atoms with van der Waals surface area (Å²) in [5, 5.41) is 0. The molecule has 3 aromatic rings. The van der Waals surface area contributed by atoms with Gasteiger partial charge in [0.05, 0.1) is 18.5 Å². The average molecular weight is 405 g/mol. The topological polar surface area (TPSA) is 107 Å². The van der Waals surface area contributed by atoms with Gasteiger partial charge >= 0.3 is 6.18 Å². The van der Waals surface area contributed by atoms with E-state index in [4.69, 9.17) is 10.5 Å². The van der Waals surface area contributed by atoms with Crippen molar-refractivity contribution < 1.29 is 22.7 Å². The lowest BCUT2D eigenvalue weighted by Crippen LogP contribution is -2.11. The number of fused-ring (bicyclic) bond motifs is 1. The number of aromatic amines is 1. The van der Waals surface area contributed by atoms with Crippen molar-refractivity contribution >= 4 is 23.1 Å². The fourth-order valence-electron chi connectivity index (χ4n) is 2.47. The molecular weight excluding hydrogens is 387 g/mol. The molecule has 0 aliphatic rings. The molecule has 0 unspecified atom stereocenters. The monoisotopic (exact) mass is 405 g/mol. The summed E-state index contributed by atoms with van der Waals surface area (Å²) in [5.41, 5.74) is 5.70. The molecule has 7 nitrogen and oxygen atoms in total. The molecule has 1 amide bonds. The number of alkyl halides is 3. The number of aromatic nitrogens is 4. The summed E-state index contributed by atoms with van der Waals surface area (Å²) in [6.07, 6.45) is 0.876. The molecule has 0 aromatic carbocycles. The molecule has 0 aliphatic heterocycles. The van der Waals surface area contributed by atoms with Gasteiger partial charge in [0, 0.05) is 29.5 Å². The third-order valence-corrected chi connectivity index (χ3v) is 3.79. The van der Waals surface area contributed by atoms with E-state index in [1.54, 1.807) is 6.20 Å². The fourth-order valence-corrected chi connectivity index (χ4v) is 2.47. The Bertz CT molecular complexity index is 1070. The molecule has 0 saturated heterocycles. The van der Waals surface area contributed by atoms with E-state index >= 15 is 0 Å². The normalized spacial score (nSPS) is 12.2. The molecule has 0 aliphatic carbocycles. The number of ether oxygens (including phenoxy) is 1. The molecule has 0 bridgehead atoms. The number of carbonyl (C=O) groups excluding carboxylic acids is 1. The van der Waals surface area contributed by atoms with Gasteiger partial charge in [-0.1, -0.05) is 13.8 Å². The van der Waals surface area contributed by atoms with Gasteiger partial charge in [0.2, 0.25) is 11.8 Å². The SMILES string of the molecule is CC(C)COc1cc(-c2cnc3[nH]cc(/C=C/C(N)=O)c3n2)cc(C(F)(F)F)n1. The second-order valence-electron chi connectivity index (χ2n) is 6.71. The minimum atomic E-state index is -4.65. The Morgan fingerprint density at radius 1 is 1.31 bits per heavy atom. The first-order valence-electron chi connectivity index (χ1n) is 8.67. The largest absolute Gasteiger partial charge is 0.477 e. The van der Waals surface area contributed by atoms with Crippen molar-refractivity contribution in [1.82, 2.24) is 19.9 Å². The van der Waals surface area contributed by atoms with E-state index in [1.165, 1.54) is 18.3 Å². The zero-order valence-electron chi connectivity index (χ0n) is 15.6. The summed E-state index contributed by atoms with van der Waals surface area (Å²) >= 11 is 0. The maximum Gasteiger partial charge on any atom is 0.433 e. The third-order valence-electron chi connectivity index (χ3n) is 3.79. The van der Waals surface area contributed by atoms with Crippen molar-refractivity contribution in [2.24, 2.45) is 11.7 Å². The second-order valence-corrected chi connectivity index (χ2v) is 6.71. The van der Waals surface area contributed by atoms with Gasteiger partial charge in [-0.3, -0.25) is 4.79 Å². The van der Waals surface area contributed by atoms with Gasteiger partial charge in [0.25, 0.3) is 0 Å². The fraction of sp³-hybridized carbons (Fsp3) is 0.263. The highest BCUT2D eigenvalue weighted by Crippen LogP contribution is 2.33. The quantitative estimate of drug-likeness (QED) is 0.610. The van der Waals surface area contributed by atoms with Gasteiger partial charge < -0.3 is 15.5 Å². The number of hydrogen-bond acceptors (Lipinski definition) is 5.